The summed E-state index contributed by atoms with van der Waals surface area (Å²) >= 11 is 0. The molecule has 9 N–H and O–H groups in total. The number of hydrogen-bond acceptors (Lipinski definition) is 7. The van der Waals surface area contributed by atoms with Crippen LogP contribution in [0.3, 0.4) is 0 Å². The van der Waals surface area contributed by atoms with Crippen LogP contribution in [0.4, 0.5) is 0 Å². The Hall–Kier alpha value is -3.48. The van der Waals surface area contributed by atoms with Crippen LogP contribution in [-0.2, 0) is 30.4 Å². The highest BCUT2D eigenvalue weighted by molar-refractivity contribution is 5.92. The van der Waals surface area contributed by atoms with Gasteiger partial charge in [-0.25, -0.2) is 9.78 Å². The topological polar surface area (TPSA) is 222 Å². The Labute approximate surface area is 166 Å². The van der Waals surface area contributed by atoms with E-state index in [1.807, 2.05) is 0 Å². The van der Waals surface area contributed by atoms with Gasteiger partial charge in [-0.05, 0) is 13.3 Å². The summed E-state index contributed by atoms with van der Waals surface area (Å²) in [6.45, 7) is 0.879. The van der Waals surface area contributed by atoms with Gasteiger partial charge in [-0.15, -0.1) is 0 Å². The number of aromatic amines is 1. The molecule has 1 aromatic heterocycles. The number of primary amides is 1. The highest BCUT2D eigenvalue weighted by atomic mass is 16.4. The minimum absolute atomic E-state index is 0.0271. The molecule has 1 rings (SSSR count). The number of aromatic nitrogens is 2. The largest absolute Gasteiger partial charge is 0.480 e. The monoisotopic (exact) mass is 411 g/mol. The van der Waals surface area contributed by atoms with Gasteiger partial charge in [0.1, 0.15) is 12.1 Å². The molecule has 29 heavy (non-hydrogen) atoms. The maximum Gasteiger partial charge on any atom is 0.326 e. The number of nitrogens with zero attached hydrogens (tertiary/aromatic N) is 1. The number of hydrogen-bond donors (Lipinski definition) is 7. The predicted octanol–water partition coefficient (Wildman–Crippen LogP) is -3.26. The highest BCUT2D eigenvalue weighted by Crippen LogP contribution is 2.00. The number of carbonyl (C=O) groups is 5. The molecule has 1 aromatic rings. The average molecular weight is 411 g/mol. The van der Waals surface area contributed by atoms with Gasteiger partial charge in [0.25, 0.3) is 0 Å². The second-order valence-corrected chi connectivity index (χ2v) is 6.31. The summed E-state index contributed by atoms with van der Waals surface area (Å²) < 4.78 is 0. The molecular formula is C16H25N7O6. The first kappa shape index (κ1) is 23.6. The summed E-state index contributed by atoms with van der Waals surface area (Å²) in [5.41, 5.74) is 11.0. The fraction of sp³-hybridized carbons (Fsp3) is 0.500. The minimum atomic E-state index is -1.26. The third-order valence-corrected chi connectivity index (χ3v) is 3.76. The van der Waals surface area contributed by atoms with Crippen molar-refractivity contribution in [2.24, 2.45) is 11.5 Å². The molecule has 0 saturated carbocycles. The lowest BCUT2D eigenvalue weighted by Gasteiger charge is -2.19. The van der Waals surface area contributed by atoms with Gasteiger partial charge in [0.2, 0.25) is 23.6 Å². The van der Waals surface area contributed by atoms with Gasteiger partial charge in [-0.2, -0.15) is 0 Å². The number of rotatable bonds is 12. The number of H-pyrrole nitrogens is 1. The first-order valence-electron chi connectivity index (χ1n) is 8.71. The quantitative estimate of drug-likeness (QED) is 0.184. The van der Waals surface area contributed by atoms with Gasteiger partial charge in [0.05, 0.1) is 18.9 Å². The van der Waals surface area contributed by atoms with Gasteiger partial charge in [-0.1, -0.05) is 0 Å². The van der Waals surface area contributed by atoms with Crippen molar-refractivity contribution in [1.29, 1.82) is 0 Å². The fourth-order valence-corrected chi connectivity index (χ4v) is 2.21. The van der Waals surface area contributed by atoms with Crippen LogP contribution in [0.2, 0.25) is 0 Å². The molecule has 13 nitrogen and oxygen atoms in total. The van der Waals surface area contributed by atoms with E-state index in [9.17, 15) is 29.1 Å². The number of amides is 4. The molecule has 0 aliphatic carbocycles. The van der Waals surface area contributed by atoms with Crippen molar-refractivity contribution in [1.82, 2.24) is 25.9 Å². The van der Waals surface area contributed by atoms with Crippen molar-refractivity contribution in [2.45, 2.75) is 44.3 Å². The van der Waals surface area contributed by atoms with Gasteiger partial charge >= 0.3 is 5.97 Å². The van der Waals surface area contributed by atoms with Crippen LogP contribution in [0, 0.1) is 0 Å². The van der Waals surface area contributed by atoms with Crippen LogP contribution in [0.15, 0.2) is 12.5 Å². The van der Waals surface area contributed by atoms with E-state index >= 15 is 0 Å². The van der Waals surface area contributed by atoms with Crippen LogP contribution < -0.4 is 27.4 Å². The van der Waals surface area contributed by atoms with Crippen molar-refractivity contribution >= 4 is 29.6 Å². The lowest BCUT2D eigenvalue weighted by molar-refractivity contribution is -0.141. The molecule has 0 saturated heterocycles. The molecule has 0 bridgehead atoms. The van der Waals surface area contributed by atoms with Crippen molar-refractivity contribution < 1.29 is 29.1 Å². The molecule has 0 radical (unpaired) electrons. The van der Waals surface area contributed by atoms with Crippen LogP contribution in [-0.4, -0.2) is 69.3 Å². The second-order valence-electron chi connectivity index (χ2n) is 6.31. The summed E-state index contributed by atoms with van der Waals surface area (Å²) in [7, 11) is 0. The predicted molar refractivity (Wildman–Crippen MR) is 98.9 cm³/mol. The number of nitrogens with two attached hydrogens (primary N) is 2. The summed E-state index contributed by atoms with van der Waals surface area (Å²) in [5, 5.41) is 16.1. The number of nitrogens with one attached hydrogen (secondary N) is 4. The van der Waals surface area contributed by atoms with E-state index in [2.05, 4.69) is 25.9 Å². The van der Waals surface area contributed by atoms with Gasteiger partial charge in [0, 0.05) is 24.7 Å². The van der Waals surface area contributed by atoms with Gasteiger partial charge < -0.3 is 37.5 Å². The number of carboxylic acids is 1. The maximum atomic E-state index is 12.3. The minimum Gasteiger partial charge on any atom is -0.480 e. The zero-order chi connectivity index (χ0) is 22.0. The number of aliphatic carboxylic acids is 1. The van der Waals surface area contributed by atoms with E-state index in [4.69, 9.17) is 11.5 Å². The van der Waals surface area contributed by atoms with E-state index in [1.165, 1.54) is 19.4 Å². The summed E-state index contributed by atoms with van der Waals surface area (Å²) in [4.78, 5) is 64.8. The first-order valence-corrected chi connectivity index (χ1v) is 8.71. The van der Waals surface area contributed by atoms with Crippen molar-refractivity contribution in [3.8, 4) is 0 Å². The third-order valence-electron chi connectivity index (χ3n) is 3.76. The smallest absolute Gasteiger partial charge is 0.326 e. The van der Waals surface area contributed by atoms with Crippen molar-refractivity contribution in [3.05, 3.63) is 18.2 Å². The van der Waals surface area contributed by atoms with Crippen LogP contribution >= 0.6 is 0 Å². The van der Waals surface area contributed by atoms with Crippen LogP contribution in [0.25, 0.3) is 0 Å². The Morgan fingerprint density at radius 1 is 1.17 bits per heavy atom. The lowest BCUT2D eigenvalue weighted by Crippen LogP contribution is -2.53. The highest BCUT2D eigenvalue weighted by Gasteiger charge is 2.25. The normalized spacial score (nSPS) is 13.6. The molecule has 1 heterocycles. The molecule has 3 unspecified atom stereocenters. The standard InChI is InChI=1S/C16H25N7O6/c1-8(17)14(26)23-10(2-3-12(18)24)15(27)20-6-13(25)22-11(16(28)29)4-9-5-19-7-21-9/h5,7-8,10-11H,2-4,6,17H2,1H3,(H2,18,24)(H,19,21)(H,20,27)(H,22,25)(H,23,26)(H,28,29). The number of carboxylic acid groups (broad SMARTS) is 1. The molecule has 0 spiro atoms. The Morgan fingerprint density at radius 3 is 2.38 bits per heavy atom. The van der Waals surface area contributed by atoms with Gasteiger partial charge in [0.15, 0.2) is 0 Å². The lowest BCUT2D eigenvalue weighted by atomic mass is 10.1. The Kier molecular flexibility index (Phi) is 9.25. The molecule has 0 aliphatic rings. The molecule has 0 aliphatic heterocycles. The Balaban J connectivity index is 2.61. The number of imidazole rings is 1. The number of carbonyl (C=O) groups excluding carboxylic acids is 4. The van der Waals surface area contributed by atoms with E-state index in [0.717, 1.165) is 0 Å². The molecule has 0 aromatic carbocycles. The fourth-order valence-electron chi connectivity index (χ4n) is 2.21. The van der Waals surface area contributed by atoms with Crippen molar-refractivity contribution in [2.75, 3.05) is 6.54 Å². The molecular weight excluding hydrogens is 386 g/mol. The molecule has 4 amide bonds. The molecule has 3 atom stereocenters. The summed E-state index contributed by atoms with van der Waals surface area (Å²) in [6.07, 6.45) is 2.52. The average Bonchev–Trinajstić information content (AvgIpc) is 3.15. The SMILES string of the molecule is CC(N)C(=O)NC(CCC(N)=O)C(=O)NCC(=O)NC(Cc1cnc[nH]1)C(=O)O. The zero-order valence-electron chi connectivity index (χ0n) is 15.8. The Bertz CT molecular complexity index is 734. The van der Waals surface area contributed by atoms with E-state index in [-0.39, 0.29) is 19.3 Å². The summed E-state index contributed by atoms with van der Waals surface area (Å²) in [5.74, 6) is -4.04. The van der Waals surface area contributed by atoms with E-state index < -0.39 is 54.3 Å². The van der Waals surface area contributed by atoms with Crippen LogP contribution in [0.1, 0.15) is 25.5 Å². The third kappa shape index (κ3) is 8.83. The Morgan fingerprint density at radius 2 is 1.86 bits per heavy atom. The van der Waals surface area contributed by atoms with Crippen LogP contribution in [0.5, 0.6) is 0 Å². The first-order chi connectivity index (χ1) is 13.6. The maximum absolute atomic E-state index is 12.3. The molecule has 0 fully saturated rings. The van der Waals surface area contributed by atoms with Crippen molar-refractivity contribution in [3.63, 3.8) is 0 Å². The molecule has 160 valence electrons. The second kappa shape index (κ2) is 11.4. The molecule has 13 heteroatoms. The zero-order valence-corrected chi connectivity index (χ0v) is 15.8. The van der Waals surface area contributed by atoms with E-state index in [0.29, 0.717) is 5.69 Å². The van der Waals surface area contributed by atoms with E-state index in [1.54, 1.807) is 0 Å². The van der Waals surface area contributed by atoms with Gasteiger partial charge in [-0.3, -0.25) is 19.2 Å². The summed E-state index contributed by atoms with van der Waals surface area (Å²) in [6, 6.07) is -3.25.